The zero-order valence-electron chi connectivity index (χ0n) is 13.4. The molecular formula is C18H25N3O2. The molecule has 0 unspecified atom stereocenters. The normalized spacial score (nSPS) is 23.7. The van der Waals surface area contributed by atoms with Crippen molar-refractivity contribution in [3.63, 3.8) is 0 Å². The Morgan fingerprint density at radius 3 is 2.30 bits per heavy atom. The van der Waals surface area contributed by atoms with Crippen molar-refractivity contribution in [2.75, 3.05) is 0 Å². The third-order valence-electron chi connectivity index (χ3n) is 5.05. The first-order chi connectivity index (χ1) is 11.0. The maximum absolute atomic E-state index is 12.7. The molecule has 2 saturated carbocycles. The molecule has 0 bridgehead atoms. The van der Waals surface area contributed by atoms with Crippen LogP contribution < -0.4 is 11.5 Å². The molecule has 124 valence electrons. The van der Waals surface area contributed by atoms with Gasteiger partial charge in [0.05, 0.1) is 0 Å². The highest BCUT2D eigenvalue weighted by Crippen LogP contribution is 2.32. The summed E-state index contributed by atoms with van der Waals surface area (Å²) in [7, 11) is 0. The molecule has 23 heavy (non-hydrogen) atoms. The molecule has 0 aromatic heterocycles. The minimum absolute atomic E-state index is 0.176. The van der Waals surface area contributed by atoms with Crippen molar-refractivity contribution in [3.05, 3.63) is 35.4 Å². The van der Waals surface area contributed by atoms with Gasteiger partial charge >= 0.3 is 0 Å². The smallest absolute Gasteiger partial charge is 0.248 e. The van der Waals surface area contributed by atoms with Gasteiger partial charge < -0.3 is 16.4 Å². The first kappa shape index (κ1) is 16.0. The third kappa shape index (κ3) is 3.91. The fourth-order valence-electron chi connectivity index (χ4n) is 3.44. The molecular weight excluding hydrogens is 290 g/mol. The molecule has 4 N–H and O–H groups in total. The van der Waals surface area contributed by atoms with E-state index in [4.69, 9.17) is 11.5 Å². The van der Waals surface area contributed by atoms with E-state index in [0.717, 1.165) is 37.7 Å². The van der Waals surface area contributed by atoms with E-state index in [1.165, 1.54) is 0 Å². The predicted octanol–water partition coefficient (Wildman–Crippen LogP) is 1.79. The second kappa shape index (κ2) is 6.71. The molecule has 1 aromatic carbocycles. The largest absolute Gasteiger partial charge is 0.366 e. The van der Waals surface area contributed by atoms with Crippen molar-refractivity contribution in [2.24, 2.45) is 17.4 Å². The van der Waals surface area contributed by atoms with Crippen LogP contribution in [-0.4, -0.2) is 28.8 Å². The summed E-state index contributed by atoms with van der Waals surface area (Å²) in [4.78, 5) is 25.8. The first-order valence-electron chi connectivity index (χ1n) is 8.48. The van der Waals surface area contributed by atoms with Gasteiger partial charge in [0.2, 0.25) is 11.8 Å². The maximum Gasteiger partial charge on any atom is 0.248 e. The zero-order chi connectivity index (χ0) is 16.4. The van der Waals surface area contributed by atoms with Crippen LogP contribution in [0.1, 0.15) is 54.4 Å². The molecule has 2 fully saturated rings. The number of hydrogen-bond acceptors (Lipinski definition) is 3. The van der Waals surface area contributed by atoms with Crippen molar-refractivity contribution in [1.29, 1.82) is 0 Å². The second-order valence-electron chi connectivity index (χ2n) is 6.87. The zero-order valence-corrected chi connectivity index (χ0v) is 13.4. The summed E-state index contributed by atoms with van der Waals surface area (Å²) >= 11 is 0. The van der Waals surface area contributed by atoms with Gasteiger partial charge in [0, 0.05) is 30.6 Å². The van der Waals surface area contributed by atoms with Crippen LogP contribution in [0.3, 0.4) is 0 Å². The van der Waals surface area contributed by atoms with Crippen LogP contribution in [-0.2, 0) is 11.3 Å². The molecule has 3 rings (SSSR count). The number of rotatable bonds is 6. The Morgan fingerprint density at radius 2 is 1.78 bits per heavy atom. The SMILES string of the molecule is NC(=O)c1ccc(CN(C(=O)C[C@@H]2CCC[C@H]2N)C2CC2)cc1. The Balaban J connectivity index is 1.64. The van der Waals surface area contributed by atoms with E-state index in [9.17, 15) is 9.59 Å². The van der Waals surface area contributed by atoms with Gasteiger partial charge in [0.25, 0.3) is 0 Å². The number of hydrogen-bond donors (Lipinski definition) is 2. The first-order valence-corrected chi connectivity index (χ1v) is 8.48. The molecule has 5 heteroatoms. The van der Waals surface area contributed by atoms with Crippen LogP contribution in [0, 0.1) is 5.92 Å². The molecule has 0 aliphatic heterocycles. The molecule has 0 spiro atoms. The fourth-order valence-corrected chi connectivity index (χ4v) is 3.44. The summed E-state index contributed by atoms with van der Waals surface area (Å²) < 4.78 is 0. The van der Waals surface area contributed by atoms with Gasteiger partial charge in [-0.25, -0.2) is 0 Å². The predicted molar refractivity (Wildman–Crippen MR) is 88.5 cm³/mol. The van der Waals surface area contributed by atoms with Gasteiger partial charge in [-0.3, -0.25) is 9.59 Å². The highest BCUT2D eigenvalue weighted by atomic mass is 16.2. The summed E-state index contributed by atoms with van der Waals surface area (Å²) in [5, 5.41) is 0. The number of carbonyl (C=O) groups is 2. The van der Waals surface area contributed by atoms with Crippen LogP contribution in [0.5, 0.6) is 0 Å². The molecule has 2 atom stereocenters. The van der Waals surface area contributed by atoms with Crippen LogP contribution in [0.15, 0.2) is 24.3 Å². The Bertz CT molecular complexity index is 580. The third-order valence-corrected chi connectivity index (χ3v) is 5.05. The topological polar surface area (TPSA) is 89.4 Å². The fraction of sp³-hybridized carbons (Fsp3) is 0.556. The maximum atomic E-state index is 12.7. The standard InChI is InChI=1S/C18H25N3O2/c19-16-3-1-2-14(16)10-17(22)21(15-8-9-15)11-12-4-6-13(7-5-12)18(20)23/h4-7,14-16H,1-3,8-11,19H2,(H2,20,23)/t14-,16+/m0/s1. The summed E-state index contributed by atoms with van der Waals surface area (Å²) in [5.41, 5.74) is 12.9. The van der Waals surface area contributed by atoms with Crippen molar-refractivity contribution >= 4 is 11.8 Å². The lowest BCUT2D eigenvalue weighted by Gasteiger charge is -2.25. The van der Waals surface area contributed by atoms with Crippen molar-refractivity contribution in [2.45, 2.75) is 57.2 Å². The summed E-state index contributed by atoms with van der Waals surface area (Å²) in [6.07, 6.45) is 5.98. The van der Waals surface area contributed by atoms with Gasteiger partial charge in [-0.2, -0.15) is 0 Å². The Hall–Kier alpha value is -1.88. The van der Waals surface area contributed by atoms with Crippen molar-refractivity contribution in [3.8, 4) is 0 Å². The molecule has 2 amide bonds. The number of amides is 2. The summed E-state index contributed by atoms with van der Waals surface area (Å²) in [6, 6.07) is 7.75. The quantitative estimate of drug-likeness (QED) is 0.838. The molecule has 2 aliphatic rings. The number of nitrogens with two attached hydrogens (primary N) is 2. The minimum atomic E-state index is -0.429. The van der Waals surface area contributed by atoms with Crippen LogP contribution >= 0.6 is 0 Å². The Morgan fingerprint density at radius 1 is 1.09 bits per heavy atom. The van der Waals surface area contributed by atoms with Gasteiger partial charge in [-0.1, -0.05) is 18.6 Å². The van der Waals surface area contributed by atoms with E-state index in [1.54, 1.807) is 12.1 Å². The van der Waals surface area contributed by atoms with Crippen molar-refractivity contribution in [1.82, 2.24) is 4.90 Å². The van der Waals surface area contributed by atoms with Gasteiger partial charge in [0.1, 0.15) is 0 Å². The number of carbonyl (C=O) groups excluding carboxylic acids is 2. The summed E-state index contributed by atoms with van der Waals surface area (Å²) in [6.45, 7) is 0.602. The number of benzene rings is 1. The van der Waals surface area contributed by atoms with E-state index in [0.29, 0.717) is 30.5 Å². The second-order valence-corrected chi connectivity index (χ2v) is 6.87. The number of primary amides is 1. The molecule has 0 radical (unpaired) electrons. The van der Waals surface area contributed by atoms with Gasteiger partial charge in [-0.05, 0) is 49.3 Å². The minimum Gasteiger partial charge on any atom is -0.366 e. The van der Waals surface area contributed by atoms with Gasteiger partial charge in [-0.15, -0.1) is 0 Å². The van der Waals surface area contributed by atoms with Crippen molar-refractivity contribution < 1.29 is 9.59 Å². The molecule has 5 nitrogen and oxygen atoms in total. The van der Waals surface area contributed by atoms with E-state index in [2.05, 4.69) is 0 Å². The lowest BCUT2D eigenvalue weighted by Crippen LogP contribution is -2.36. The van der Waals surface area contributed by atoms with Crippen LogP contribution in [0.25, 0.3) is 0 Å². The van der Waals surface area contributed by atoms with E-state index < -0.39 is 5.91 Å². The van der Waals surface area contributed by atoms with Gasteiger partial charge in [0.15, 0.2) is 0 Å². The van der Waals surface area contributed by atoms with E-state index >= 15 is 0 Å². The lowest BCUT2D eigenvalue weighted by atomic mass is 9.99. The highest BCUT2D eigenvalue weighted by Gasteiger charge is 2.35. The van der Waals surface area contributed by atoms with Crippen LogP contribution in [0.2, 0.25) is 0 Å². The average molecular weight is 315 g/mol. The van der Waals surface area contributed by atoms with E-state index in [1.807, 2.05) is 17.0 Å². The van der Waals surface area contributed by atoms with E-state index in [-0.39, 0.29) is 11.9 Å². The Kier molecular flexibility index (Phi) is 4.66. The number of nitrogens with zero attached hydrogens (tertiary/aromatic N) is 1. The van der Waals surface area contributed by atoms with Crippen LogP contribution in [0.4, 0.5) is 0 Å². The highest BCUT2D eigenvalue weighted by molar-refractivity contribution is 5.92. The molecule has 0 heterocycles. The molecule has 2 aliphatic carbocycles. The molecule has 0 saturated heterocycles. The Labute approximate surface area is 137 Å². The monoisotopic (exact) mass is 315 g/mol. The summed E-state index contributed by atoms with van der Waals surface area (Å²) in [5.74, 6) is 0.122. The lowest BCUT2D eigenvalue weighted by molar-refractivity contribution is -0.133. The molecule has 1 aromatic rings. The average Bonchev–Trinajstić information content (AvgIpc) is 3.29.